The first-order chi connectivity index (χ1) is 15.0. The van der Waals surface area contributed by atoms with Gasteiger partial charge in [-0.05, 0) is 59.3 Å². The van der Waals surface area contributed by atoms with Crippen LogP contribution >= 0.6 is 23.4 Å². The molecule has 3 aromatic rings. The van der Waals surface area contributed by atoms with Crippen molar-refractivity contribution >= 4 is 40.6 Å². The quantitative estimate of drug-likeness (QED) is 0.411. The third kappa shape index (κ3) is 5.16. The zero-order chi connectivity index (χ0) is 21.8. The van der Waals surface area contributed by atoms with Gasteiger partial charge >= 0.3 is 0 Å². The van der Waals surface area contributed by atoms with Gasteiger partial charge in [0, 0.05) is 10.6 Å². The van der Waals surface area contributed by atoms with Crippen molar-refractivity contribution in [1.29, 1.82) is 0 Å². The van der Waals surface area contributed by atoms with Gasteiger partial charge in [0.1, 0.15) is 18.2 Å². The molecule has 0 bridgehead atoms. The third-order valence-corrected chi connectivity index (χ3v) is 5.82. The minimum atomic E-state index is -0.329. The molecule has 0 saturated carbocycles. The average molecular weight is 454 g/mol. The van der Waals surface area contributed by atoms with E-state index >= 15 is 0 Å². The van der Waals surface area contributed by atoms with E-state index in [1.807, 2.05) is 0 Å². The largest absolute Gasteiger partial charge is 0.489 e. The molecule has 0 spiro atoms. The Morgan fingerprint density at radius 2 is 1.68 bits per heavy atom. The van der Waals surface area contributed by atoms with Crippen LogP contribution in [0.2, 0.25) is 5.02 Å². The number of hydrogen-bond acceptors (Lipinski definition) is 4. The average Bonchev–Trinajstić information content (AvgIpc) is 3.03. The molecular formula is C24H17ClFNO3S. The van der Waals surface area contributed by atoms with Crippen molar-refractivity contribution < 1.29 is 18.7 Å². The molecule has 0 N–H and O–H groups in total. The van der Waals surface area contributed by atoms with E-state index in [0.717, 1.165) is 22.9 Å². The number of carbonyl (C=O) groups is 2. The Labute approximate surface area is 188 Å². The van der Waals surface area contributed by atoms with Crippen molar-refractivity contribution in [2.24, 2.45) is 0 Å². The van der Waals surface area contributed by atoms with Crippen LogP contribution in [0.1, 0.15) is 16.7 Å². The van der Waals surface area contributed by atoms with Crippen LogP contribution in [0, 0.1) is 5.82 Å². The molecule has 2 amide bonds. The number of rotatable bonds is 6. The molecule has 156 valence electrons. The first kappa shape index (κ1) is 21.2. The number of halogens is 2. The SMILES string of the molecule is O=C1S/C(=C\c2ccc(OCc3ccccc3F)cc2)C(=O)N1Cc1ccc(Cl)cc1. The summed E-state index contributed by atoms with van der Waals surface area (Å²) in [7, 11) is 0. The summed E-state index contributed by atoms with van der Waals surface area (Å²) in [5.74, 6) is -0.0606. The molecule has 1 heterocycles. The van der Waals surface area contributed by atoms with E-state index in [1.165, 1.54) is 11.0 Å². The Morgan fingerprint density at radius 3 is 2.39 bits per heavy atom. The van der Waals surface area contributed by atoms with Crippen molar-refractivity contribution in [2.45, 2.75) is 13.2 Å². The highest BCUT2D eigenvalue weighted by atomic mass is 35.5. The highest BCUT2D eigenvalue weighted by molar-refractivity contribution is 8.18. The molecule has 0 unspecified atom stereocenters. The second kappa shape index (κ2) is 9.37. The lowest BCUT2D eigenvalue weighted by Crippen LogP contribution is -2.27. The molecule has 4 nitrogen and oxygen atoms in total. The van der Waals surface area contributed by atoms with Crippen molar-refractivity contribution in [1.82, 2.24) is 4.90 Å². The lowest BCUT2D eigenvalue weighted by Gasteiger charge is -2.12. The van der Waals surface area contributed by atoms with E-state index in [9.17, 15) is 14.0 Å². The normalized spacial score (nSPS) is 15.0. The number of benzene rings is 3. The number of thioether (sulfide) groups is 1. The topological polar surface area (TPSA) is 46.6 Å². The van der Waals surface area contributed by atoms with Gasteiger partial charge in [0.05, 0.1) is 11.4 Å². The standard InChI is InChI=1S/C24H17ClFNO3S/c25-19-9-5-17(6-10-19)14-27-23(28)22(31-24(27)29)13-16-7-11-20(12-8-16)30-15-18-3-1-2-4-21(18)26/h1-13H,14-15H2/b22-13-. The Morgan fingerprint density at radius 1 is 0.968 bits per heavy atom. The van der Waals surface area contributed by atoms with E-state index in [4.69, 9.17) is 16.3 Å². The molecule has 0 aromatic heterocycles. The van der Waals surface area contributed by atoms with Crippen LogP contribution in [0.25, 0.3) is 6.08 Å². The van der Waals surface area contributed by atoms with E-state index in [1.54, 1.807) is 72.8 Å². The summed E-state index contributed by atoms with van der Waals surface area (Å²) in [6.07, 6.45) is 1.67. The predicted octanol–water partition coefficient (Wildman–Crippen LogP) is 6.29. The van der Waals surface area contributed by atoms with Crippen LogP contribution in [-0.2, 0) is 17.9 Å². The van der Waals surface area contributed by atoms with Gasteiger partial charge in [-0.1, -0.05) is 54.1 Å². The second-order valence-electron chi connectivity index (χ2n) is 6.84. The molecule has 1 saturated heterocycles. The highest BCUT2D eigenvalue weighted by Gasteiger charge is 2.34. The maximum Gasteiger partial charge on any atom is 0.293 e. The van der Waals surface area contributed by atoms with Crippen molar-refractivity contribution in [3.8, 4) is 5.75 Å². The van der Waals surface area contributed by atoms with Gasteiger partial charge in [-0.25, -0.2) is 4.39 Å². The molecule has 3 aromatic carbocycles. The first-order valence-corrected chi connectivity index (χ1v) is 10.6. The molecule has 1 fully saturated rings. The lowest BCUT2D eigenvalue weighted by molar-refractivity contribution is -0.123. The monoisotopic (exact) mass is 453 g/mol. The third-order valence-electron chi connectivity index (χ3n) is 4.66. The fourth-order valence-corrected chi connectivity index (χ4v) is 3.96. The molecule has 7 heteroatoms. The summed E-state index contributed by atoms with van der Waals surface area (Å²) in [6, 6.07) is 20.5. The fourth-order valence-electron chi connectivity index (χ4n) is 3.00. The summed E-state index contributed by atoms with van der Waals surface area (Å²) < 4.78 is 19.3. The fraction of sp³-hybridized carbons (Fsp3) is 0.0833. The molecule has 1 aliphatic heterocycles. The van der Waals surface area contributed by atoms with Crippen molar-refractivity contribution in [2.75, 3.05) is 0 Å². The van der Waals surface area contributed by atoms with Crippen molar-refractivity contribution in [3.63, 3.8) is 0 Å². The molecular weight excluding hydrogens is 437 g/mol. The number of ether oxygens (including phenoxy) is 1. The Kier molecular flexibility index (Phi) is 6.39. The van der Waals surface area contributed by atoms with Gasteiger partial charge in [-0.3, -0.25) is 14.5 Å². The van der Waals surface area contributed by atoms with E-state index < -0.39 is 0 Å². The zero-order valence-corrected chi connectivity index (χ0v) is 17.8. The van der Waals surface area contributed by atoms with E-state index in [0.29, 0.717) is 21.2 Å². The van der Waals surface area contributed by atoms with Crippen LogP contribution in [-0.4, -0.2) is 16.0 Å². The van der Waals surface area contributed by atoms with Gasteiger partial charge < -0.3 is 4.74 Å². The summed E-state index contributed by atoms with van der Waals surface area (Å²) in [4.78, 5) is 26.6. The summed E-state index contributed by atoms with van der Waals surface area (Å²) >= 11 is 6.79. The molecule has 31 heavy (non-hydrogen) atoms. The van der Waals surface area contributed by atoms with Gasteiger partial charge in [0.25, 0.3) is 11.1 Å². The zero-order valence-electron chi connectivity index (χ0n) is 16.3. The summed E-state index contributed by atoms with van der Waals surface area (Å²) in [5, 5.41) is 0.287. The highest BCUT2D eigenvalue weighted by Crippen LogP contribution is 2.33. The van der Waals surface area contributed by atoms with E-state index in [-0.39, 0.29) is 30.1 Å². The van der Waals surface area contributed by atoms with Crippen LogP contribution in [0.4, 0.5) is 9.18 Å². The lowest BCUT2D eigenvalue weighted by atomic mass is 10.2. The van der Waals surface area contributed by atoms with E-state index in [2.05, 4.69) is 0 Å². The summed E-state index contributed by atoms with van der Waals surface area (Å²) in [6.45, 7) is 0.317. The number of hydrogen-bond donors (Lipinski definition) is 0. The molecule has 0 radical (unpaired) electrons. The smallest absolute Gasteiger partial charge is 0.293 e. The summed E-state index contributed by atoms with van der Waals surface area (Å²) in [5.41, 5.74) is 2.06. The number of amides is 2. The number of nitrogens with zero attached hydrogens (tertiary/aromatic N) is 1. The minimum absolute atomic E-state index is 0.121. The Balaban J connectivity index is 1.41. The van der Waals surface area contributed by atoms with Gasteiger partial charge in [-0.2, -0.15) is 0 Å². The first-order valence-electron chi connectivity index (χ1n) is 9.46. The van der Waals surface area contributed by atoms with Gasteiger partial charge in [-0.15, -0.1) is 0 Å². The maximum absolute atomic E-state index is 13.7. The molecule has 0 aliphatic carbocycles. The molecule has 1 aliphatic rings. The van der Waals surface area contributed by atoms with Crippen LogP contribution in [0.15, 0.2) is 77.7 Å². The Hall–Kier alpha value is -3.09. The van der Waals surface area contributed by atoms with Crippen LogP contribution < -0.4 is 4.74 Å². The Bertz CT molecular complexity index is 1150. The molecule has 4 rings (SSSR count). The predicted molar refractivity (Wildman–Crippen MR) is 120 cm³/mol. The van der Waals surface area contributed by atoms with Crippen molar-refractivity contribution in [3.05, 3.63) is 105 Å². The number of carbonyl (C=O) groups excluding carboxylic acids is 2. The molecule has 0 atom stereocenters. The van der Waals surface area contributed by atoms with Gasteiger partial charge in [0.2, 0.25) is 0 Å². The van der Waals surface area contributed by atoms with Crippen LogP contribution in [0.3, 0.4) is 0 Å². The maximum atomic E-state index is 13.7. The second-order valence-corrected chi connectivity index (χ2v) is 8.27. The number of imide groups is 1. The van der Waals surface area contributed by atoms with Gasteiger partial charge in [0.15, 0.2) is 0 Å². The minimum Gasteiger partial charge on any atom is -0.489 e. The van der Waals surface area contributed by atoms with Crippen LogP contribution in [0.5, 0.6) is 5.75 Å².